The fourth-order valence-electron chi connectivity index (χ4n) is 3.39. The average molecular weight is 371 g/mol. The molecule has 0 amide bonds. The quantitative estimate of drug-likeness (QED) is 0.595. The highest BCUT2D eigenvalue weighted by Crippen LogP contribution is 2.33. The van der Waals surface area contributed by atoms with Crippen LogP contribution in [0.25, 0.3) is 16.0 Å². The third-order valence-electron chi connectivity index (χ3n) is 4.60. The van der Waals surface area contributed by atoms with Crippen LogP contribution in [0.15, 0.2) is 30.3 Å². The first-order chi connectivity index (χ1) is 12.3. The summed E-state index contributed by atoms with van der Waals surface area (Å²) in [6, 6.07) is 10.3. The van der Waals surface area contributed by atoms with Gasteiger partial charge in [-0.05, 0) is 50.0 Å². The molecule has 0 atom stereocenters. The van der Waals surface area contributed by atoms with E-state index in [9.17, 15) is 0 Å². The van der Waals surface area contributed by atoms with Gasteiger partial charge in [0, 0.05) is 25.2 Å². The number of para-hydroxylation sites is 1. The molecule has 0 aliphatic carbocycles. The van der Waals surface area contributed by atoms with Gasteiger partial charge in [0.2, 0.25) is 0 Å². The largest absolute Gasteiger partial charge is 0.355 e. The van der Waals surface area contributed by atoms with Crippen molar-refractivity contribution in [1.82, 2.24) is 14.5 Å². The lowest BCUT2D eigenvalue weighted by Crippen LogP contribution is -2.30. The van der Waals surface area contributed by atoms with Crippen molar-refractivity contribution >= 4 is 39.7 Å². The van der Waals surface area contributed by atoms with Gasteiger partial charge in [0.15, 0.2) is 15.4 Å². The molecule has 4 nitrogen and oxygen atoms in total. The molecule has 1 saturated heterocycles. The first kappa shape index (κ1) is 16.7. The van der Waals surface area contributed by atoms with Gasteiger partial charge in [0.1, 0.15) is 10.5 Å². The van der Waals surface area contributed by atoms with Gasteiger partial charge in [-0.2, -0.15) is 0 Å². The van der Waals surface area contributed by atoms with Crippen molar-refractivity contribution in [3.63, 3.8) is 0 Å². The smallest absolute Gasteiger partial charge is 0.168 e. The van der Waals surface area contributed by atoms with Gasteiger partial charge in [-0.15, -0.1) is 0 Å². The molecule has 1 aliphatic heterocycles. The van der Waals surface area contributed by atoms with E-state index in [4.69, 9.17) is 22.2 Å². The van der Waals surface area contributed by atoms with Crippen LogP contribution >= 0.6 is 23.6 Å². The molecule has 0 radical (unpaired) electrons. The molecule has 6 heteroatoms. The number of nitrogens with zero attached hydrogens (tertiary/aromatic N) is 4. The van der Waals surface area contributed by atoms with Crippen molar-refractivity contribution in [2.45, 2.75) is 39.0 Å². The van der Waals surface area contributed by atoms with Gasteiger partial charge >= 0.3 is 0 Å². The zero-order valence-corrected chi connectivity index (χ0v) is 16.1. The van der Waals surface area contributed by atoms with E-state index in [2.05, 4.69) is 28.5 Å². The number of fused-ring (bicyclic) bond motifs is 1. The van der Waals surface area contributed by atoms with E-state index in [0.717, 1.165) is 57.6 Å². The number of benzene rings is 1. The van der Waals surface area contributed by atoms with E-state index < -0.39 is 0 Å². The maximum absolute atomic E-state index is 5.70. The molecule has 4 rings (SSSR count). The number of aryl methyl sites for hydroxylation is 1. The summed E-state index contributed by atoms with van der Waals surface area (Å²) >= 11 is 7.33. The van der Waals surface area contributed by atoms with Gasteiger partial charge in [-0.25, -0.2) is 9.97 Å². The molecule has 0 unspecified atom stereocenters. The first-order valence-electron chi connectivity index (χ1n) is 9.01. The number of anilines is 1. The van der Waals surface area contributed by atoms with Crippen LogP contribution in [-0.2, 0) is 6.42 Å². The minimum Gasteiger partial charge on any atom is -0.355 e. The topological polar surface area (TPSA) is 34.0 Å². The van der Waals surface area contributed by atoms with Crippen LogP contribution in [0, 0.1) is 3.95 Å². The summed E-state index contributed by atoms with van der Waals surface area (Å²) in [4.78, 5) is 12.2. The number of rotatable bonds is 4. The Hall–Kier alpha value is -1.79. The van der Waals surface area contributed by atoms with Gasteiger partial charge in [-0.3, -0.25) is 4.57 Å². The second-order valence-corrected chi connectivity index (χ2v) is 8.10. The number of piperidine rings is 1. The molecule has 1 aliphatic rings. The Morgan fingerprint density at radius 1 is 1.08 bits per heavy atom. The SMILES string of the molecule is CCCc1nc(N2CCCCC2)c2sc(=S)n(-c3ccccc3)c2n1. The monoisotopic (exact) mass is 370 g/mol. The lowest BCUT2D eigenvalue weighted by Gasteiger charge is -2.28. The maximum atomic E-state index is 5.70. The van der Waals surface area contributed by atoms with E-state index in [1.54, 1.807) is 11.3 Å². The predicted molar refractivity (Wildman–Crippen MR) is 108 cm³/mol. The van der Waals surface area contributed by atoms with Crippen LogP contribution in [0.4, 0.5) is 5.82 Å². The maximum Gasteiger partial charge on any atom is 0.168 e. The molecule has 25 heavy (non-hydrogen) atoms. The van der Waals surface area contributed by atoms with E-state index in [0.29, 0.717) is 0 Å². The van der Waals surface area contributed by atoms with Crippen LogP contribution in [-0.4, -0.2) is 27.6 Å². The number of thiazole rings is 1. The Morgan fingerprint density at radius 3 is 2.56 bits per heavy atom. The molecule has 1 aromatic carbocycles. The average Bonchev–Trinajstić information content (AvgIpc) is 2.98. The Morgan fingerprint density at radius 2 is 1.84 bits per heavy atom. The van der Waals surface area contributed by atoms with Crippen molar-refractivity contribution in [2.75, 3.05) is 18.0 Å². The van der Waals surface area contributed by atoms with Crippen molar-refractivity contribution in [3.05, 3.63) is 40.1 Å². The summed E-state index contributed by atoms with van der Waals surface area (Å²) in [5.41, 5.74) is 2.03. The Balaban J connectivity index is 1.94. The molecule has 1 fully saturated rings. The van der Waals surface area contributed by atoms with Crippen molar-refractivity contribution in [2.24, 2.45) is 0 Å². The van der Waals surface area contributed by atoms with Gasteiger partial charge < -0.3 is 4.90 Å². The molecule has 0 saturated carbocycles. The van der Waals surface area contributed by atoms with E-state index in [1.165, 1.54) is 19.3 Å². The molecule has 3 aromatic rings. The Bertz CT molecular complexity index is 924. The fraction of sp³-hybridized carbons (Fsp3) is 0.421. The van der Waals surface area contributed by atoms with Gasteiger partial charge in [0.05, 0.1) is 0 Å². The molecular weight excluding hydrogens is 348 g/mol. The molecule has 2 aromatic heterocycles. The van der Waals surface area contributed by atoms with E-state index >= 15 is 0 Å². The van der Waals surface area contributed by atoms with Gasteiger partial charge in [-0.1, -0.05) is 36.5 Å². The third-order valence-corrected chi connectivity index (χ3v) is 5.96. The number of hydrogen-bond donors (Lipinski definition) is 0. The molecule has 130 valence electrons. The summed E-state index contributed by atoms with van der Waals surface area (Å²) in [5.74, 6) is 2.01. The molecule has 0 N–H and O–H groups in total. The van der Waals surface area contributed by atoms with Crippen LogP contribution in [0.1, 0.15) is 38.4 Å². The highest BCUT2D eigenvalue weighted by Gasteiger charge is 2.21. The Labute approximate surface area is 157 Å². The highest BCUT2D eigenvalue weighted by atomic mass is 32.1. The zero-order chi connectivity index (χ0) is 17.2. The van der Waals surface area contributed by atoms with Crippen molar-refractivity contribution in [1.29, 1.82) is 0 Å². The second kappa shape index (κ2) is 7.22. The summed E-state index contributed by atoms with van der Waals surface area (Å²) < 4.78 is 4.06. The minimum atomic E-state index is 0.836. The van der Waals surface area contributed by atoms with Crippen molar-refractivity contribution in [3.8, 4) is 5.69 Å². The standard InChI is InChI=1S/C19H22N4S2/c1-2-9-15-20-17(22-12-7-4-8-13-22)16-18(21-15)23(19(24)25-16)14-10-5-3-6-11-14/h3,5-6,10-11H,2,4,7-9,12-13H2,1H3. The lowest BCUT2D eigenvalue weighted by molar-refractivity contribution is 0.573. The van der Waals surface area contributed by atoms with E-state index in [1.807, 2.05) is 18.2 Å². The van der Waals surface area contributed by atoms with Gasteiger partial charge in [0.25, 0.3) is 0 Å². The minimum absolute atomic E-state index is 0.836. The molecule has 0 bridgehead atoms. The van der Waals surface area contributed by atoms with Crippen LogP contribution in [0.3, 0.4) is 0 Å². The Kier molecular flexibility index (Phi) is 4.81. The summed E-state index contributed by atoms with van der Waals surface area (Å²) in [5, 5.41) is 0. The molecule has 0 spiro atoms. The molecular formula is C19H22N4S2. The van der Waals surface area contributed by atoms with Crippen LogP contribution in [0.5, 0.6) is 0 Å². The van der Waals surface area contributed by atoms with E-state index in [-0.39, 0.29) is 0 Å². The summed E-state index contributed by atoms with van der Waals surface area (Å²) in [7, 11) is 0. The van der Waals surface area contributed by atoms with Crippen LogP contribution < -0.4 is 4.90 Å². The zero-order valence-electron chi connectivity index (χ0n) is 14.4. The fourth-order valence-corrected chi connectivity index (χ4v) is 4.79. The number of hydrogen-bond acceptors (Lipinski definition) is 5. The number of aromatic nitrogens is 3. The summed E-state index contributed by atoms with van der Waals surface area (Å²) in [6.45, 7) is 4.33. The lowest BCUT2D eigenvalue weighted by atomic mass is 10.1. The first-order valence-corrected chi connectivity index (χ1v) is 10.2. The highest BCUT2D eigenvalue weighted by molar-refractivity contribution is 7.73. The van der Waals surface area contributed by atoms with Crippen molar-refractivity contribution < 1.29 is 0 Å². The van der Waals surface area contributed by atoms with Crippen LogP contribution in [0.2, 0.25) is 0 Å². The molecule has 3 heterocycles. The second-order valence-electron chi connectivity index (χ2n) is 6.45. The third kappa shape index (κ3) is 3.20. The summed E-state index contributed by atoms with van der Waals surface area (Å²) in [6.07, 6.45) is 5.72. The predicted octanol–water partition coefficient (Wildman–Crippen LogP) is 5.15. The normalized spacial score (nSPS) is 15.0.